The molecular weight excluding hydrogens is 322 g/mol. The SMILES string of the molecule is C=C(C)C(=O)OCCCCCCCCCCCCCCCCCN(C)C. The second-order valence-electron chi connectivity index (χ2n) is 8.02. The van der Waals surface area contributed by atoms with Crippen molar-refractivity contribution in [2.45, 2.75) is 103 Å². The first-order valence-electron chi connectivity index (χ1n) is 11.0. The maximum atomic E-state index is 11.2. The van der Waals surface area contributed by atoms with Gasteiger partial charge in [0.2, 0.25) is 0 Å². The zero-order valence-corrected chi connectivity index (χ0v) is 18.0. The topological polar surface area (TPSA) is 29.5 Å². The Morgan fingerprint density at radius 2 is 1.04 bits per heavy atom. The zero-order valence-electron chi connectivity index (χ0n) is 18.0. The first-order chi connectivity index (χ1) is 12.5. The van der Waals surface area contributed by atoms with Gasteiger partial charge in [-0.25, -0.2) is 4.79 Å². The van der Waals surface area contributed by atoms with Crippen molar-refractivity contribution in [3.63, 3.8) is 0 Å². The summed E-state index contributed by atoms with van der Waals surface area (Å²) in [5, 5.41) is 0. The minimum Gasteiger partial charge on any atom is -0.462 e. The van der Waals surface area contributed by atoms with Gasteiger partial charge >= 0.3 is 5.97 Å². The van der Waals surface area contributed by atoms with Gasteiger partial charge in [-0.1, -0.05) is 90.0 Å². The third kappa shape index (κ3) is 19.5. The van der Waals surface area contributed by atoms with Crippen molar-refractivity contribution in [1.29, 1.82) is 0 Å². The van der Waals surface area contributed by atoms with Gasteiger partial charge in [0.05, 0.1) is 6.61 Å². The number of rotatable bonds is 19. The number of hydrogen-bond acceptors (Lipinski definition) is 3. The number of carbonyl (C=O) groups excluding carboxylic acids is 1. The molecule has 3 heteroatoms. The van der Waals surface area contributed by atoms with Crippen molar-refractivity contribution < 1.29 is 9.53 Å². The molecule has 0 aromatic heterocycles. The Morgan fingerprint density at radius 1 is 0.692 bits per heavy atom. The molecule has 0 aliphatic heterocycles. The number of nitrogens with zero attached hydrogens (tertiary/aromatic N) is 1. The highest BCUT2D eigenvalue weighted by Gasteiger charge is 2.01. The van der Waals surface area contributed by atoms with E-state index in [9.17, 15) is 4.79 Å². The molecule has 0 saturated heterocycles. The molecule has 0 aliphatic carbocycles. The lowest BCUT2D eigenvalue weighted by molar-refractivity contribution is -0.139. The van der Waals surface area contributed by atoms with Crippen LogP contribution in [0.25, 0.3) is 0 Å². The van der Waals surface area contributed by atoms with Crippen LogP contribution in [0.4, 0.5) is 0 Å². The summed E-state index contributed by atoms with van der Waals surface area (Å²) in [5.74, 6) is -0.255. The molecular formula is C23H45NO2. The smallest absolute Gasteiger partial charge is 0.333 e. The first-order valence-corrected chi connectivity index (χ1v) is 11.0. The van der Waals surface area contributed by atoms with Crippen molar-refractivity contribution in [1.82, 2.24) is 4.90 Å². The predicted octanol–water partition coefficient (Wildman–Crippen LogP) is 6.52. The maximum absolute atomic E-state index is 11.2. The average Bonchev–Trinajstić information content (AvgIpc) is 2.60. The Bertz CT molecular complexity index is 339. The Labute approximate surface area is 163 Å². The molecule has 0 aromatic rings. The molecule has 0 atom stereocenters. The summed E-state index contributed by atoms with van der Waals surface area (Å²) >= 11 is 0. The Hall–Kier alpha value is -0.830. The summed E-state index contributed by atoms with van der Waals surface area (Å²) in [7, 11) is 4.31. The summed E-state index contributed by atoms with van der Waals surface area (Å²) in [4.78, 5) is 13.5. The van der Waals surface area contributed by atoms with Crippen LogP contribution in [0.5, 0.6) is 0 Å². The van der Waals surface area contributed by atoms with Crippen molar-refractivity contribution >= 4 is 5.97 Å². The van der Waals surface area contributed by atoms with Gasteiger partial charge < -0.3 is 9.64 Å². The molecule has 0 heterocycles. The number of unbranched alkanes of at least 4 members (excludes halogenated alkanes) is 14. The van der Waals surface area contributed by atoms with Gasteiger partial charge in [0.15, 0.2) is 0 Å². The van der Waals surface area contributed by atoms with Crippen molar-refractivity contribution in [3.8, 4) is 0 Å². The van der Waals surface area contributed by atoms with Gasteiger partial charge in [-0.2, -0.15) is 0 Å². The second kappa shape index (κ2) is 18.9. The number of ether oxygens (including phenoxy) is 1. The fraction of sp³-hybridized carbons (Fsp3) is 0.870. The third-order valence-corrected chi connectivity index (χ3v) is 4.83. The monoisotopic (exact) mass is 367 g/mol. The minimum absolute atomic E-state index is 0.255. The molecule has 0 saturated carbocycles. The van der Waals surface area contributed by atoms with Gasteiger partial charge in [0.1, 0.15) is 0 Å². The zero-order chi connectivity index (χ0) is 19.5. The van der Waals surface area contributed by atoms with E-state index in [1.54, 1.807) is 6.92 Å². The van der Waals surface area contributed by atoms with E-state index in [1.807, 2.05) is 0 Å². The molecule has 0 bridgehead atoms. The molecule has 0 aromatic carbocycles. The van der Waals surface area contributed by atoms with Gasteiger partial charge in [-0.05, 0) is 40.4 Å². The van der Waals surface area contributed by atoms with Gasteiger partial charge in [-0.3, -0.25) is 0 Å². The molecule has 154 valence electrons. The highest BCUT2D eigenvalue weighted by molar-refractivity contribution is 5.86. The highest BCUT2D eigenvalue weighted by Crippen LogP contribution is 2.13. The Morgan fingerprint density at radius 3 is 1.38 bits per heavy atom. The molecule has 0 spiro atoms. The van der Waals surface area contributed by atoms with E-state index in [0.717, 1.165) is 12.8 Å². The Kier molecular flexibility index (Phi) is 18.3. The number of hydrogen-bond donors (Lipinski definition) is 0. The van der Waals surface area contributed by atoms with Gasteiger partial charge in [0.25, 0.3) is 0 Å². The largest absolute Gasteiger partial charge is 0.462 e. The van der Waals surface area contributed by atoms with Crippen LogP contribution in [0.3, 0.4) is 0 Å². The molecule has 26 heavy (non-hydrogen) atoms. The second-order valence-corrected chi connectivity index (χ2v) is 8.02. The van der Waals surface area contributed by atoms with Crippen LogP contribution >= 0.6 is 0 Å². The summed E-state index contributed by atoms with van der Waals surface area (Å²) < 4.78 is 5.09. The molecule has 0 fully saturated rings. The maximum Gasteiger partial charge on any atom is 0.333 e. The molecule has 0 amide bonds. The van der Waals surface area contributed by atoms with E-state index in [0.29, 0.717) is 12.2 Å². The highest BCUT2D eigenvalue weighted by atomic mass is 16.5. The molecule has 0 aliphatic rings. The predicted molar refractivity (Wildman–Crippen MR) is 114 cm³/mol. The van der Waals surface area contributed by atoms with E-state index in [2.05, 4.69) is 25.6 Å². The van der Waals surface area contributed by atoms with Gasteiger partial charge in [0, 0.05) is 5.57 Å². The summed E-state index contributed by atoms with van der Waals surface area (Å²) in [6.07, 6.45) is 20.2. The summed E-state index contributed by atoms with van der Waals surface area (Å²) in [5.41, 5.74) is 0.491. The van der Waals surface area contributed by atoms with E-state index >= 15 is 0 Å². The fourth-order valence-corrected chi connectivity index (χ4v) is 3.12. The average molecular weight is 368 g/mol. The lowest BCUT2D eigenvalue weighted by atomic mass is 10.0. The first kappa shape index (κ1) is 25.2. The number of carbonyl (C=O) groups is 1. The molecule has 3 nitrogen and oxygen atoms in total. The van der Waals surface area contributed by atoms with Crippen molar-refractivity contribution in [3.05, 3.63) is 12.2 Å². The van der Waals surface area contributed by atoms with Crippen LogP contribution in [-0.4, -0.2) is 38.1 Å². The van der Waals surface area contributed by atoms with Crippen molar-refractivity contribution in [2.24, 2.45) is 0 Å². The summed E-state index contributed by atoms with van der Waals surface area (Å²) in [6.45, 7) is 7.05. The fourth-order valence-electron chi connectivity index (χ4n) is 3.12. The van der Waals surface area contributed by atoms with E-state index < -0.39 is 0 Å². The van der Waals surface area contributed by atoms with Crippen LogP contribution in [0, 0.1) is 0 Å². The molecule has 0 radical (unpaired) electrons. The quantitative estimate of drug-likeness (QED) is 0.148. The number of esters is 1. The molecule has 0 rings (SSSR count). The van der Waals surface area contributed by atoms with E-state index in [-0.39, 0.29) is 5.97 Å². The normalized spacial score (nSPS) is 11.1. The lowest BCUT2D eigenvalue weighted by Crippen LogP contribution is -2.12. The van der Waals surface area contributed by atoms with E-state index in [1.165, 1.54) is 90.0 Å². The van der Waals surface area contributed by atoms with Crippen LogP contribution in [0.2, 0.25) is 0 Å². The minimum atomic E-state index is -0.255. The van der Waals surface area contributed by atoms with Crippen LogP contribution in [0.1, 0.15) is 103 Å². The lowest BCUT2D eigenvalue weighted by Gasteiger charge is -2.08. The molecule has 0 N–H and O–H groups in total. The van der Waals surface area contributed by atoms with Crippen LogP contribution < -0.4 is 0 Å². The third-order valence-electron chi connectivity index (χ3n) is 4.83. The Balaban J connectivity index is 3.07. The van der Waals surface area contributed by atoms with Crippen LogP contribution in [-0.2, 0) is 9.53 Å². The van der Waals surface area contributed by atoms with Crippen molar-refractivity contribution in [2.75, 3.05) is 27.2 Å². The van der Waals surface area contributed by atoms with Gasteiger partial charge in [-0.15, -0.1) is 0 Å². The van der Waals surface area contributed by atoms with Crippen LogP contribution in [0.15, 0.2) is 12.2 Å². The van der Waals surface area contributed by atoms with E-state index in [4.69, 9.17) is 4.74 Å². The summed E-state index contributed by atoms with van der Waals surface area (Å²) in [6, 6.07) is 0. The molecule has 0 unspecified atom stereocenters. The standard InChI is InChI=1S/C23H45NO2/c1-22(2)23(25)26-21-19-17-15-13-11-9-7-5-6-8-10-12-14-16-18-20-24(3)4/h1,5-21H2,2-4H3.